The molecule has 0 radical (unpaired) electrons. The largest absolute Gasteiger partial charge is 0.378 e. The van der Waals surface area contributed by atoms with Crippen LogP contribution in [0.3, 0.4) is 0 Å². The molecule has 3 aromatic rings. The molecule has 1 aliphatic rings. The standard InChI is InChI=1S/C14H12BrN5OS/c15-10-7-22-13-11(9-5-16-8-17-6-9)18-14(19-12(10)13)20-1-3-21-4-2-20/h5-8H,1-4H2. The van der Waals surface area contributed by atoms with Crippen LogP contribution in [0.25, 0.3) is 21.5 Å². The van der Waals surface area contributed by atoms with Crippen LogP contribution < -0.4 is 4.90 Å². The molecule has 0 amide bonds. The van der Waals surface area contributed by atoms with Crippen molar-refractivity contribution in [3.63, 3.8) is 0 Å². The summed E-state index contributed by atoms with van der Waals surface area (Å²) in [5, 5.41) is 2.04. The predicted molar refractivity (Wildman–Crippen MR) is 89.2 cm³/mol. The Labute approximate surface area is 139 Å². The fourth-order valence-corrected chi connectivity index (χ4v) is 3.97. The van der Waals surface area contributed by atoms with Crippen LogP contribution in [-0.2, 0) is 4.74 Å². The molecule has 6 nitrogen and oxygen atoms in total. The molecule has 3 aromatic heterocycles. The fourth-order valence-electron chi connectivity index (χ4n) is 2.40. The quantitative estimate of drug-likeness (QED) is 0.683. The van der Waals surface area contributed by atoms with Gasteiger partial charge in [0.1, 0.15) is 11.8 Å². The lowest BCUT2D eigenvalue weighted by Gasteiger charge is -2.27. The zero-order valence-corrected chi connectivity index (χ0v) is 14.0. The Morgan fingerprint density at radius 1 is 1.14 bits per heavy atom. The second kappa shape index (κ2) is 5.86. The van der Waals surface area contributed by atoms with Gasteiger partial charge in [0.2, 0.25) is 5.95 Å². The molecule has 0 N–H and O–H groups in total. The second-order valence-electron chi connectivity index (χ2n) is 4.86. The van der Waals surface area contributed by atoms with Gasteiger partial charge < -0.3 is 9.64 Å². The van der Waals surface area contributed by atoms with E-state index in [2.05, 4.69) is 30.8 Å². The average molecular weight is 378 g/mol. The first-order chi connectivity index (χ1) is 10.8. The molecular formula is C14H12BrN5OS. The molecule has 0 aromatic carbocycles. The number of anilines is 1. The van der Waals surface area contributed by atoms with Crippen molar-refractivity contribution in [3.05, 3.63) is 28.6 Å². The van der Waals surface area contributed by atoms with Crippen LogP contribution in [0, 0.1) is 0 Å². The number of fused-ring (bicyclic) bond motifs is 1. The van der Waals surface area contributed by atoms with Gasteiger partial charge in [0.05, 0.1) is 28.1 Å². The number of aromatic nitrogens is 4. The summed E-state index contributed by atoms with van der Waals surface area (Å²) in [4.78, 5) is 19.9. The zero-order valence-electron chi connectivity index (χ0n) is 11.6. The summed E-state index contributed by atoms with van der Waals surface area (Å²) in [5.41, 5.74) is 2.71. The van der Waals surface area contributed by atoms with Crippen molar-refractivity contribution < 1.29 is 4.74 Å². The second-order valence-corrected chi connectivity index (χ2v) is 6.59. The van der Waals surface area contributed by atoms with E-state index in [0.717, 1.165) is 45.0 Å². The van der Waals surface area contributed by atoms with E-state index >= 15 is 0 Å². The van der Waals surface area contributed by atoms with Gasteiger partial charge in [-0.25, -0.2) is 19.9 Å². The van der Waals surface area contributed by atoms with E-state index in [4.69, 9.17) is 14.7 Å². The molecule has 0 unspecified atom stereocenters. The van der Waals surface area contributed by atoms with Crippen LogP contribution in [0.5, 0.6) is 0 Å². The highest BCUT2D eigenvalue weighted by molar-refractivity contribution is 9.10. The van der Waals surface area contributed by atoms with Crippen molar-refractivity contribution >= 4 is 43.4 Å². The van der Waals surface area contributed by atoms with E-state index in [9.17, 15) is 0 Å². The Balaban J connectivity index is 1.90. The minimum Gasteiger partial charge on any atom is -0.378 e. The molecule has 0 saturated carbocycles. The van der Waals surface area contributed by atoms with E-state index in [1.54, 1.807) is 23.7 Å². The molecule has 1 aliphatic heterocycles. The highest BCUT2D eigenvalue weighted by Gasteiger charge is 2.19. The first kappa shape index (κ1) is 14.0. The van der Waals surface area contributed by atoms with Crippen LogP contribution in [-0.4, -0.2) is 46.2 Å². The van der Waals surface area contributed by atoms with Crippen LogP contribution in [0.4, 0.5) is 5.95 Å². The highest BCUT2D eigenvalue weighted by Crippen LogP contribution is 2.36. The third-order valence-corrected chi connectivity index (χ3v) is 5.37. The lowest BCUT2D eigenvalue weighted by molar-refractivity contribution is 0.122. The van der Waals surface area contributed by atoms with Crippen molar-refractivity contribution in [2.75, 3.05) is 31.2 Å². The molecule has 4 heterocycles. The molecule has 0 atom stereocenters. The average Bonchev–Trinajstić information content (AvgIpc) is 2.97. The Hall–Kier alpha value is -1.64. The lowest BCUT2D eigenvalue weighted by Crippen LogP contribution is -2.37. The number of hydrogen-bond acceptors (Lipinski definition) is 7. The summed E-state index contributed by atoms with van der Waals surface area (Å²) in [6.45, 7) is 3.02. The summed E-state index contributed by atoms with van der Waals surface area (Å²) >= 11 is 5.20. The molecule has 1 saturated heterocycles. The van der Waals surface area contributed by atoms with E-state index < -0.39 is 0 Å². The minimum absolute atomic E-state index is 0.704. The normalized spacial score (nSPS) is 15.4. The Kier molecular flexibility index (Phi) is 3.73. The van der Waals surface area contributed by atoms with Crippen molar-refractivity contribution in [2.24, 2.45) is 0 Å². The number of nitrogens with zero attached hydrogens (tertiary/aromatic N) is 5. The minimum atomic E-state index is 0.704. The number of thiophene rings is 1. The van der Waals surface area contributed by atoms with Crippen molar-refractivity contribution in [3.8, 4) is 11.3 Å². The third kappa shape index (κ3) is 2.47. The SMILES string of the molecule is Brc1csc2c(-c3cncnc3)nc(N3CCOCC3)nc12. The molecule has 0 bridgehead atoms. The van der Waals surface area contributed by atoms with Gasteiger partial charge in [-0.1, -0.05) is 0 Å². The number of hydrogen-bond donors (Lipinski definition) is 0. The maximum absolute atomic E-state index is 5.41. The molecule has 22 heavy (non-hydrogen) atoms. The highest BCUT2D eigenvalue weighted by atomic mass is 79.9. The van der Waals surface area contributed by atoms with Gasteiger partial charge in [0, 0.05) is 36.4 Å². The summed E-state index contributed by atoms with van der Waals surface area (Å²) in [7, 11) is 0. The maximum Gasteiger partial charge on any atom is 0.226 e. The predicted octanol–water partition coefficient (Wildman–Crippen LogP) is 2.75. The van der Waals surface area contributed by atoms with Gasteiger partial charge in [-0.3, -0.25) is 0 Å². The van der Waals surface area contributed by atoms with Crippen LogP contribution in [0.2, 0.25) is 0 Å². The Morgan fingerprint density at radius 2 is 1.91 bits per heavy atom. The topological polar surface area (TPSA) is 64.0 Å². The van der Waals surface area contributed by atoms with Crippen molar-refractivity contribution in [1.82, 2.24) is 19.9 Å². The van der Waals surface area contributed by atoms with Gasteiger partial charge in [0.25, 0.3) is 0 Å². The van der Waals surface area contributed by atoms with Gasteiger partial charge in [-0.05, 0) is 15.9 Å². The zero-order chi connectivity index (χ0) is 14.9. The smallest absolute Gasteiger partial charge is 0.226 e. The Morgan fingerprint density at radius 3 is 2.68 bits per heavy atom. The van der Waals surface area contributed by atoms with Crippen LogP contribution in [0.1, 0.15) is 0 Å². The van der Waals surface area contributed by atoms with Gasteiger partial charge >= 0.3 is 0 Å². The maximum atomic E-state index is 5.41. The molecule has 4 rings (SSSR count). The van der Waals surface area contributed by atoms with Gasteiger partial charge in [-0.2, -0.15) is 0 Å². The number of halogens is 1. The summed E-state index contributed by atoms with van der Waals surface area (Å²) in [6, 6.07) is 0. The molecular weight excluding hydrogens is 366 g/mol. The van der Waals surface area contributed by atoms with E-state index in [1.165, 1.54) is 6.33 Å². The van der Waals surface area contributed by atoms with E-state index in [1.807, 2.05) is 5.38 Å². The summed E-state index contributed by atoms with van der Waals surface area (Å²) in [6.07, 6.45) is 5.09. The lowest BCUT2D eigenvalue weighted by atomic mass is 10.2. The molecule has 112 valence electrons. The summed E-state index contributed by atoms with van der Waals surface area (Å²) < 4.78 is 7.44. The van der Waals surface area contributed by atoms with E-state index in [-0.39, 0.29) is 0 Å². The van der Waals surface area contributed by atoms with Crippen molar-refractivity contribution in [2.45, 2.75) is 0 Å². The Bertz CT molecular complexity index is 804. The summed E-state index contributed by atoms with van der Waals surface area (Å²) in [5.74, 6) is 0.730. The monoisotopic (exact) mass is 377 g/mol. The third-order valence-electron chi connectivity index (χ3n) is 3.49. The number of ether oxygens (including phenoxy) is 1. The van der Waals surface area contributed by atoms with E-state index in [0.29, 0.717) is 13.2 Å². The molecule has 0 spiro atoms. The van der Waals surface area contributed by atoms with Crippen molar-refractivity contribution in [1.29, 1.82) is 0 Å². The van der Waals surface area contributed by atoms with Crippen LogP contribution >= 0.6 is 27.3 Å². The van der Waals surface area contributed by atoms with Crippen LogP contribution in [0.15, 0.2) is 28.6 Å². The number of morpholine rings is 1. The van der Waals surface area contributed by atoms with Gasteiger partial charge in [-0.15, -0.1) is 11.3 Å². The molecule has 8 heteroatoms. The molecule has 0 aliphatic carbocycles. The van der Waals surface area contributed by atoms with Gasteiger partial charge in [0.15, 0.2) is 0 Å². The first-order valence-electron chi connectivity index (χ1n) is 6.86. The molecule has 1 fully saturated rings. The first-order valence-corrected chi connectivity index (χ1v) is 8.53. The number of rotatable bonds is 2. The fraction of sp³-hybridized carbons (Fsp3) is 0.286.